The summed E-state index contributed by atoms with van der Waals surface area (Å²) in [5.41, 5.74) is 1.46. The highest BCUT2D eigenvalue weighted by Crippen LogP contribution is 2.15. The van der Waals surface area contributed by atoms with E-state index in [2.05, 4.69) is 23.7 Å². The van der Waals surface area contributed by atoms with Crippen LogP contribution in [0.1, 0.15) is 30.9 Å². The molecule has 1 N–H and O–H groups in total. The monoisotopic (exact) mass is 291 g/mol. The third-order valence-electron chi connectivity index (χ3n) is 3.58. The number of aliphatic hydroxyl groups excluding tert-OH is 1. The maximum absolute atomic E-state index is 13.7. The third kappa shape index (κ3) is 4.82. The van der Waals surface area contributed by atoms with Crippen molar-refractivity contribution in [2.24, 2.45) is 0 Å². The second-order valence-electron chi connectivity index (χ2n) is 5.23. The minimum absolute atomic E-state index is 0.000490. The summed E-state index contributed by atoms with van der Waals surface area (Å²) in [6, 6.07) is 5.08. The number of ether oxygens (including phenoxy) is 1. The second-order valence-corrected chi connectivity index (χ2v) is 5.23. The molecule has 1 atom stereocenters. The van der Waals surface area contributed by atoms with Crippen LogP contribution in [-0.4, -0.2) is 42.4 Å². The highest BCUT2D eigenvalue weighted by atomic mass is 19.1. The van der Waals surface area contributed by atoms with Crippen LogP contribution in [0.5, 0.6) is 0 Å². The predicted octanol–water partition coefficient (Wildman–Crippen LogP) is 2.17. The third-order valence-corrected chi connectivity index (χ3v) is 3.58. The molecule has 0 saturated carbocycles. The van der Waals surface area contributed by atoms with E-state index >= 15 is 0 Å². The number of benzene rings is 1. The Balaban J connectivity index is 2.03. The van der Waals surface area contributed by atoms with Crippen molar-refractivity contribution in [2.45, 2.75) is 32.4 Å². The van der Waals surface area contributed by atoms with Crippen molar-refractivity contribution in [1.82, 2.24) is 4.90 Å². The van der Waals surface area contributed by atoms with Crippen molar-refractivity contribution in [3.8, 4) is 11.8 Å². The van der Waals surface area contributed by atoms with Gasteiger partial charge >= 0.3 is 0 Å². The first-order valence-corrected chi connectivity index (χ1v) is 7.45. The molecule has 2 rings (SSSR count). The molecule has 3 nitrogen and oxygen atoms in total. The topological polar surface area (TPSA) is 32.7 Å². The van der Waals surface area contributed by atoms with E-state index in [-0.39, 0.29) is 12.4 Å². The predicted molar refractivity (Wildman–Crippen MR) is 80.3 cm³/mol. The number of nitrogens with zero attached hydrogens (tertiary/aromatic N) is 1. The summed E-state index contributed by atoms with van der Waals surface area (Å²) in [6.07, 6.45) is 1.67. The van der Waals surface area contributed by atoms with Gasteiger partial charge in [0, 0.05) is 26.1 Å². The van der Waals surface area contributed by atoms with Crippen LogP contribution < -0.4 is 0 Å². The molecular formula is C17H22FNO2. The highest BCUT2D eigenvalue weighted by molar-refractivity contribution is 5.38. The normalized spacial score (nSPS) is 19.1. The lowest BCUT2D eigenvalue weighted by Crippen LogP contribution is -2.41. The summed E-state index contributed by atoms with van der Waals surface area (Å²) in [6.45, 7) is 5.48. The van der Waals surface area contributed by atoms with E-state index in [0.29, 0.717) is 18.1 Å². The summed E-state index contributed by atoms with van der Waals surface area (Å²) < 4.78 is 19.3. The fraction of sp³-hybridized carbons (Fsp3) is 0.529. The average molecular weight is 291 g/mol. The van der Waals surface area contributed by atoms with E-state index in [1.807, 2.05) is 6.07 Å². The van der Waals surface area contributed by atoms with E-state index in [9.17, 15) is 4.39 Å². The van der Waals surface area contributed by atoms with Crippen molar-refractivity contribution in [2.75, 3.05) is 26.3 Å². The van der Waals surface area contributed by atoms with Crippen LogP contribution in [0.4, 0.5) is 4.39 Å². The summed E-state index contributed by atoms with van der Waals surface area (Å²) in [4.78, 5) is 2.33. The van der Waals surface area contributed by atoms with Gasteiger partial charge in [0.25, 0.3) is 0 Å². The van der Waals surface area contributed by atoms with Gasteiger partial charge in [0.1, 0.15) is 5.82 Å². The van der Waals surface area contributed by atoms with Gasteiger partial charge in [-0.1, -0.05) is 24.8 Å². The SMILES string of the molecule is CCC1CN(Cc2ccc(F)c(C#CCCO)c2)CCO1. The van der Waals surface area contributed by atoms with Crippen LogP contribution in [0.2, 0.25) is 0 Å². The molecule has 0 spiro atoms. The molecule has 0 aliphatic carbocycles. The molecule has 1 aliphatic rings. The molecule has 1 unspecified atom stereocenters. The van der Waals surface area contributed by atoms with E-state index in [4.69, 9.17) is 9.84 Å². The minimum atomic E-state index is -0.308. The molecule has 1 heterocycles. The van der Waals surface area contributed by atoms with Crippen molar-refractivity contribution in [1.29, 1.82) is 0 Å². The van der Waals surface area contributed by atoms with Gasteiger partial charge in [-0.05, 0) is 24.1 Å². The fourth-order valence-corrected chi connectivity index (χ4v) is 2.41. The van der Waals surface area contributed by atoms with Gasteiger partial charge in [-0.15, -0.1) is 0 Å². The first kappa shape index (κ1) is 16.0. The lowest BCUT2D eigenvalue weighted by molar-refractivity contribution is -0.0324. The van der Waals surface area contributed by atoms with Gasteiger partial charge in [-0.3, -0.25) is 4.90 Å². The molecule has 21 heavy (non-hydrogen) atoms. The van der Waals surface area contributed by atoms with Crippen LogP contribution in [0, 0.1) is 17.7 Å². The Morgan fingerprint density at radius 3 is 3.10 bits per heavy atom. The molecule has 114 valence electrons. The van der Waals surface area contributed by atoms with Gasteiger partial charge in [0.15, 0.2) is 0 Å². The molecule has 0 aromatic heterocycles. The molecule has 0 amide bonds. The molecule has 0 radical (unpaired) electrons. The Bertz CT molecular complexity index is 521. The Morgan fingerprint density at radius 2 is 2.33 bits per heavy atom. The van der Waals surface area contributed by atoms with Gasteiger partial charge in [-0.2, -0.15) is 0 Å². The molecule has 1 fully saturated rings. The fourth-order valence-electron chi connectivity index (χ4n) is 2.41. The number of halogens is 1. The molecular weight excluding hydrogens is 269 g/mol. The van der Waals surface area contributed by atoms with Gasteiger partial charge in [0.05, 0.1) is 24.9 Å². The lowest BCUT2D eigenvalue weighted by atomic mass is 10.1. The van der Waals surface area contributed by atoms with E-state index in [1.54, 1.807) is 6.07 Å². The first-order chi connectivity index (χ1) is 10.2. The van der Waals surface area contributed by atoms with Gasteiger partial charge < -0.3 is 9.84 Å². The smallest absolute Gasteiger partial charge is 0.138 e. The Morgan fingerprint density at radius 1 is 1.48 bits per heavy atom. The van der Waals surface area contributed by atoms with Crippen LogP contribution >= 0.6 is 0 Å². The first-order valence-electron chi connectivity index (χ1n) is 7.45. The molecule has 1 saturated heterocycles. The van der Waals surface area contributed by atoms with Crippen LogP contribution in [-0.2, 0) is 11.3 Å². The van der Waals surface area contributed by atoms with Crippen molar-refractivity contribution in [3.63, 3.8) is 0 Å². The number of hydrogen-bond acceptors (Lipinski definition) is 3. The zero-order chi connectivity index (χ0) is 15.1. The maximum Gasteiger partial charge on any atom is 0.138 e. The van der Waals surface area contributed by atoms with E-state index < -0.39 is 0 Å². The van der Waals surface area contributed by atoms with Crippen molar-refractivity contribution in [3.05, 3.63) is 35.1 Å². The van der Waals surface area contributed by atoms with E-state index in [1.165, 1.54) is 6.07 Å². The zero-order valence-corrected chi connectivity index (χ0v) is 12.4. The van der Waals surface area contributed by atoms with Crippen molar-refractivity contribution < 1.29 is 14.2 Å². The summed E-state index contributed by atoms with van der Waals surface area (Å²) in [7, 11) is 0. The second kappa shape index (κ2) is 8.14. The van der Waals surface area contributed by atoms with Crippen molar-refractivity contribution >= 4 is 0 Å². The van der Waals surface area contributed by atoms with E-state index in [0.717, 1.165) is 38.2 Å². The standard InChI is InChI=1S/C17H22FNO2/c1-2-16-13-19(8-10-21-16)12-14-6-7-17(18)15(11-14)5-3-4-9-20/h6-7,11,16,20H,2,4,8-10,12-13H2,1H3. The Labute approximate surface area is 125 Å². The van der Waals surface area contributed by atoms with Crippen LogP contribution in [0.15, 0.2) is 18.2 Å². The summed E-state index contributed by atoms with van der Waals surface area (Å²) >= 11 is 0. The number of hydrogen-bond donors (Lipinski definition) is 1. The number of morpholine rings is 1. The van der Waals surface area contributed by atoms with Crippen LogP contribution in [0.3, 0.4) is 0 Å². The molecule has 1 aliphatic heterocycles. The highest BCUT2D eigenvalue weighted by Gasteiger charge is 2.19. The minimum Gasteiger partial charge on any atom is -0.395 e. The van der Waals surface area contributed by atoms with Gasteiger partial charge in [-0.25, -0.2) is 4.39 Å². The summed E-state index contributed by atoms with van der Waals surface area (Å²) in [5.74, 6) is 5.24. The Kier molecular flexibility index (Phi) is 6.19. The quantitative estimate of drug-likeness (QED) is 0.863. The molecule has 1 aromatic rings. The maximum atomic E-state index is 13.7. The Hall–Kier alpha value is -1.41. The van der Waals surface area contributed by atoms with Gasteiger partial charge in [0.2, 0.25) is 0 Å². The molecule has 0 bridgehead atoms. The molecule has 1 aromatic carbocycles. The number of aliphatic hydroxyl groups is 1. The lowest BCUT2D eigenvalue weighted by Gasteiger charge is -2.32. The summed E-state index contributed by atoms with van der Waals surface area (Å²) in [5, 5.41) is 8.72. The average Bonchev–Trinajstić information content (AvgIpc) is 2.51. The molecule has 4 heteroatoms. The number of rotatable bonds is 4. The van der Waals surface area contributed by atoms with Crippen LogP contribution in [0.25, 0.3) is 0 Å². The zero-order valence-electron chi connectivity index (χ0n) is 12.4. The largest absolute Gasteiger partial charge is 0.395 e.